The summed E-state index contributed by atoms with van der Waals surface area (Å²) in [5.74, 6) is -1.35. The lowest BCUT2D eigenvalue weighted by Gasteiger charge is -2.10. The molecule has 5 nitrogen and oxygen atoms in total. The Morgan fingerprint density at radius 1 is 1.00 bits per heavy atom. The molecule has 0 aliphatic rings. The van der Waals surface area contributed by atoms with Crippen LogP contribution in [0.3, 0.4) is 0 Å². The molecule has 0 saturated heterocycles. The third-order valence-electron chi connectivity index (χ3n) is 3.74. The maximum atomic E-state index is 13.3. The molecule has 3 aromatic rings. The van der Waals surface area contributed by atoms with Crippen molar-refractivity contribution in [3.63, 3.8) is 0 Å². The molecule has 2 N–H and O–H groups in total. The van der Waals surface area contributed by atoms with Crippen molar-refractivity contribution in [3.8, 4) is 5.69 Å². The Morgan fingerprint density at radius 2 is 1.73 bits per heavy atom. The van der Waals surface area contributed by atoms with Gasteiger partial charge in [0.05, 0.1) is 11.4 Å². The number of nitrogens with zero attached hydrogens (tertiary/aromatic N) is 2. The highest BCUT2D eigenvalue weighted by atomic mass is 19.2. The topological polar surface area (TPSA) is 59.0 Å². The zero-order chi connectivity index (χ0) is 18.7. The van der Waals surface area contributed by atoms with Gasteiger partial charge in [-0.05, 0) is 30.2 Å². The van der Waals surface area contributed by atoms with E-state index in [0.717, 1.165) is 23.5 Å². The summed E-state index contributed by atoms with van der Waals surface area (Å²) in [6.45, 7) is 4.01. The molecule has 0 bridgehead atoms. The summed E-state index contributed by atoms with van der Waals surface area (Å²) in [5.41, 5.74) is 1.76. The van der Waals surface area contributed by atoms with Crippen LogP contribution in [0.4, 0.5) is 25.1 Å². The average Bonchev–Trinajstić information content (AvgIpc) is 3.03. The van der Waals surface area contributed by atoms with Crippen molar-refractivity contribution < 1.29 is 13.6 Å². The van der Waals surface area contributed by atoms with Crippen LogP contribution in [0.1, 0.15) is 25.5 Å². The number of carbonyl (C=O) groups is 1. The van der Waals surface area contributed by atoms with Gasteiger partial charge in [0.2, 0.25) is 0 Å². The molecule has 0 aliphatic heterocycles. The monoisotopic (exact) mass is 356 g/mol. The van der Waals surface area contributed by atoms with Crippen molar-refractivity contribution in [2.24, 2.45) is 0 Å². The van der Waals surface area contributed by atoms with Gasteiger partial charge in [-0.2, -0.15) is 5.10 Å². The van der Waals surface area contributed by atoms with E-state index in [1.807, 2.05) is 44.2 Å². The van der Waals surface area contributed by atoms with Gasteiger partial charge in [-0.25, -0.2) is 18.3 Å². The van der Waals surface area contributed by atoms with Crippen LogP contribution in [0.25, 0.3) is 5.69 Å². The number of halogens is 2. The molecule has 0 fully saturated rings. The first-order valence-corrected chi connectivity index (χ1v) is 8.12. The van der Waals surface area contributed by atoms with Crippen molar-refractivity contribution in [2.45, 2.75) is 19.8 Å². The molecule has 1 aromatic heterocycles. The predicted octanol–water partition coefficient (Wildman–Crippen LogP) is 4.92. The number of benzene rings is 2. The average molecular weight is 356 g/mol. The molecule has 0 unspecified atom stereocenters. The highest BCUT2D eigenvalue weighted by Crippen LogP contribution is 2.22. The Bertz CT molecular complexity index is 923. The zero-order valence-corrected chi connectivity index (χ0v) is 14.3. The lowest BCUT2D eigenvalue weighted by molar-refractivity contribution is 0.262. The fourth-order valence-electron chi connectivity index (χ4n) is 2.39. The molecular formula is C19H18F2N4O. The van der Waals surface area contributed by atoms with Crippen LogP contribution in [0.2, 0.25) is 0 Å². The first-order chi connectivity index (χ1) is 12.4. The first-order valence-electron chi connectivity index (χ1n) is 8.12. The number of anilines is 2. The van der Waals surface area contributed by atoms with Gasteiger partial charge in [-0.1, -0.05) is 32.0 Å². The number of hydrogen-bond acceptors (Lipinski definition) is 2. The highest BCUT2D eigenvalue weighted by Gasteiger charge is 2.15. The van der Waals surface area contributed by atoms with Crippen molar-refractivity contribution in [1.29, 1.82) is 0 Å². The summed E-state index contributed by atoms with van der Waals surface area (Å²) in [6.07, 6.45) is 0. The highest BCUT2D eigenvalue weighted by molar-refractivity contribution is 5.99. The number of para-hydroxylation sites is 1. The third kappa shape index (κ3) is 3.88. The first kappa shape index (κ1) is 17.6. The van der Waals surface area contributed by atoms with E-state index in [9.17, 15) is 13.6 Å². The SMILES string of the molecule is CC(C)c1cc(NC(=O)Nc2ccc(F)c(F)c2)n(-c2ccccc2)n1. The molecule has 0 atom stereocenters. The van der Waals surface area contributed by atoms with Crippen LogP contribution in [0.5, 0.6) is 0 Å². The largest absolute Gasteiger partial charge is 0.324 e. The van der Waals surface area contributed by atoms with Crippen molar-refractivity contribution in [2.75, 3.05) is 10.6 Å². The molecular weight excluding hydrogens is 338 g/mol. The second-order valence-electron chi connectivity index (χ2n) is 6.06. The molecule has 3 rings (SSSR count). The number of hydrogen-bond donors (Lipinski definition) is 2. The molecule has 2 amide bonds. The molecule has 7 heteroatoms. The van der Waals surface area contributed by atoms with E-state index >= 15 is 0 Å². The lowest BCUT2D eigenvalue weighted by atomic mass is 10.1. The number of urea groups is 1. The van der Waals surface area contributed by atoms with Crippen molar-refractivity contribution >= 4 is 17.5 Å². The van der Waals surface area contributed by atoms with E-state index in [4.69, 9.17) is 0 Å². The molecule has 134 valence electrons. The van der Waals surface area contributed by atoms with E-state index in [2.05, 4.69) is 15.7 Å². The summed E-state index contributed by atoms with van der Waals surface area (Å²) in [6, 6.07) is 13.7. The Kier molecular flexibility index (Phi) is 4.97. The van der Waals surface area contributed by atoms with Gasteiger partial charge in [-0.15, -0.1) is 0 Å². The van der Waals surface area contributed by atoms with Gasteiger partial charge in [0, 0.05) is 17.8 Å². The fourth-order valence-corrected chi connectivity index (χ4v) is 2.39. The summed E-state index contributed by atoms with van der Waals surface area (Å²) in [5, 5.41) is 9.71. The van der Waals surface area contributed by atoms with Crippen LogP contribution in [-0.2, 0) is 0 Å². The number of rotatable bonds is 4. The minimum Gasteiger partial charge on any atom is -0.308 e. The number of aromatic nitrogens is 2. The Balaban J connectivity index is 1.84. The van der Waals surface area contributed by atoms with Crippen LogP contribution < -0.4 is 10.6 Å². The Hall–Kier alpha value is -3.22. The van der Waals surface area contributed by atoms with Gasteiger partial charge < -0.3 is 5.32 Å². The number of nitrogens with one attached hydrogen (secondary N) is 2. The zero-order valence-electron chi connectivity index (χ0n) is 14.3. The maximum Gasteiger partial charge on any atom is 0.324 e. The smallest absolute Gasteiger partial charge is 0.308 e. The van der Waals surface area contributed by atoms with E-state index in [0.29, 0.717) is 5.82 Å². The predicted molar refractivity (Wildman–Crippen MR) is 96.7 cm³/mol. The maximum absolute atomic E-state index is 13.3. The quantitative estimate of drug-likeness (QED) is 0.697. The minimum atomic E-state index is -1.03. The molecule has 26 heavy (non-hydrogen) atoms. The summed E-state index contributed by atoms with van der Waals surface area (Å²) in [4.78, 5) is 12.3. The van der Waals surface area contributed by atoms with Gasteiger partial charge >= 0.3 is 6.03 Å². The summed E-state index contributed by atoms with van der Waals surface area (Å²) >= 11 is 0. The second-order valence-corrected chi connectivity index (χ2v) is 6.06. The van der Waals surface area contributed by atoms with E-state index < -0.39 is 17.7 Å². The Labute approximate surface area is 149 Å². The fraction of sp³-hybridized carbons (Fsp3) is 0.158. The van der Waals surface area contributed by atoms with Gasteiger partial charge in [0.15, 0.2) is 11.6 Å². The van der Waals surface area contributed by atoms with E-state index in [1.165, 1.54) is 6.07 Å². The van der Waals surface area contributed by atoms with Crippen LogP contribution >= 0.6 is 0 Å². The molecule has 0 radical (unpaired) electrons. The molecule has 0 saturated carbocycles. The van der Waals surface area contributed by atoms with Gasteiger partial charge in [-0.3, -0.25) is 5.32 Å². The number of amides is 2. The molecule has 0 spiro atoms. The normalized spacial score (nSPS) is 10.8. The van der Waals surface area contributed by atoms with Crippen molar-refractivity contribution in [1.82, 2.24) is 9.78 Å². The molecule has 1 heterocycles. The van der Waals surface area contributed by atoms with Gasteiger partial charge in [0.1, 0.15) is 5.82 Å². The standard InChI is InChI=1S/C19H18F2N4O/c1-12(2)17-11-18(25(24-17)14-6-4-3-5-7-14)23-19(26)22-13-8-9-15(20)16(21)10-13/h3-12H,1-2H3,(H2,22,23,26). The van der Waals surface area contributed by atoms with Crippen LogP contribution in [0, 0.1) is 11.6 Å². The van der Waals surface area contributed by atoms with Crippen LogP contribution in [0.15, 0.2) is 54.6 Å². The molecule has 0 aliphatic carbocycles. The Morgan fingerprint density at radius 3 is 2.38 bits per heavy atom. The second kappa shape index (κ2) is 7.35. The summed E-state index contributed by atoms with van der Waals surface area (Å²) < 4.78 is 27.9. The summed E-state index contributed by atoms with van der Waals surface area (Å²) in [7, 11) is 0. The number of carbonyl (C=O) groups excluding carboxylic acids is 1. The van der Waals surface area contributed by atoms with Gasteiger partial charge in [0.25, 0.3) is 0 Å². The van der Waals surface area contributed by atoms with E-state index in [1.54, 1.807) is 10.7 Å². The van der Waals surface area contributed by atoms with Crippen molar-refractivity contribution in [3.05, 3.63) is 71.9 Å². The minimum absolute atomic E-state index is 0.149. The van der Waals surface area contributed by atoms with E-state index in [-0.39, 0.29) is 11.6 Å². The molecule has 2 aromatic carbocycles. The third-order valence-corrected chi connectivity index (χ3v) is 3.74. The lowest BCUT2D eigenvalue weighted by Crippen LogP contribution is -2.21. The van der Waals surface area contributed by atoms with Crippen LogP contribution in [-0.4, -0.2) is 15.8 Å².